The Labute approximate surface area is 178 Å². The zero-order valence-electron chi connectivity index (χ0n) is 16.3. The fourth-order valence-corrected chi connectivity index (χ4v) is 3.49. The fourth-order valence-electron chi connectivity index (χ4n) is 2.93. The summed E-state index contributed by atoms with van der Waals surface area (Å²) in [6, 6.07) is 16.5. The number of aromatic nitrogens is 1. The first kappa shape index (κ1) is 21.4. The first-order valence-corrected chi connectivity index (χ1v) is 10.3. The highest BCUT2D eigenvalue weighted by atomic mass is 32.1. The van der Waals surface area contributed by atoms with Gasteiger partial charge in [-0.2, -0.15) is 0 Å². The predicted octanol–water partition coefficient (Wildman–Crippen LogP) is 3.17. The number of hydrogen-bond acceptors (Lipinski definition) is 7. The maximum Gasteiger partial charge on any atom is 0.230 e. The van der Waals surface area contributed by atoms with E-state index in [9.17, 15) is 14.8 Å². The van der Waals surface area contributed by atoms with Crippen LogP contribution in [-0.4, -0.2) is 34.1 Å². The molecule has 0 radical (unpaired) electrons. The summed E-state index contributed by atoms with van der Waals surface area (Å²) in [6.45, 7) is 0.507. The van der Waals surface area contributed by atoms with Crippen molar-refractivity contribution in [2.45, 2.75) is 18.9 Å². The zero-order valence-corrected chi connectivity index (χ0v) is 17.1. The maximum absolute atomic E-state index is 12.1. The van der Waals surface area contributed by atoms with E-state index in [0.29, 0.717) is 29.5 Å². The Balaban J connectivity index is 1.47. The molecule has 0 bridgehead atoms. The van der Waals surface area contributed by atoms with E-state index in [4.69, 9.17) is 5.73 Å². The minimum Gasteiger partial charge on any atom is -0.386 e. The molecule has 0 saturated carbocycles. The minimum atomic E-state index is -0.783. The van der Waals surface area contributed by atoms with Gasteiger partial charge >= 0.3 is 0 Å². The number of hydrogen-bond donors (Lipinski definition) is 3. The Kier molecular flexibility index (Phi) is 7.47. The van der Waals surface area contributed by atoms with Gasteiger partial charge in [-0.1, -0.05) is 42.5 Å². The van der Waals surface area contributed by atoms with Crippen molar-refractivity contribution >= 4 is 28.1 Å². The number of carbonyl (C=O) groups excluding carboxylic acids is 1. The number of carbonyl (C=O) groups is 1. The van der Waals surface area contributed by atoms with Crippen molar-refractivity contribution in [2.75, 3.05) is 24.1 Å². The van der Waals surface area contributed by atoms with Gasteiger partial charge in [0.25, 0.3) is 0 Å². The third-order valence-corrected chi connectivity index (χ3v) is 5.21. The van der Waals surface area contributed by atoms with Gasteiger partial charge in [-0.3, -0.25) is 9.80 Å². The van der Waals surface area contributed by atoms with Crippen molar-refractivity contribution < 1.29 is 9.90 Å². The summed E-state index contributed by atoms with van der Waals surface area (Å²) in [7, 11) is 0. The van der Waals surface area contributed by atoms with E-state index in [1.54, 1.807) is 17.5 Å². The Morgan fingerprint density at radius 3 is 2.57 bits per heavy atom. The number of nitrogens with zero attached hydrogens (tertiary/aromatic N) is 3. The predicted molar refractivity (Wildman–Crippen MR) is 118 cm³/mol. The second-order valence-corrected chi connectivity index (χ2v) is 7.66. The molecule has 0 unspecified atom stereocenters. The monoisotopic (exact) mass is 425 g/mol. The number of anilines is 2. The van der Waals surface area contributed by atoms with Crippen LogP contribution in [0, 0.1) is 4.91 Å². The summed E-state index contributed by atoms with van der Waals surface area (Å²) in [6.07, 6.45) is -0.0341. The molecule has 3 rings (SSSR count). The quantitative estimate of drug-likeness (QED) is 0.339. The van der Waals surface area contributed by atoms with Crippen molar-refractivity contribution in [1.29, 1.82) is 0 Å². The third kappa shape index (κ3) is 6.36. The standard InChI is InChI=1S/C21H23N5O3S/c22-21-24-18(14-30-21)12-20(28)23-17-8-6-15(7-9-17)10-11-26(25-29)13-19(27)16-4-2-1-3-5-16/h1-9,14,19,27H,10-13H2,(H2,22,24)(H,23,28)/t19-/m1/s1. The first-order chi connectivity index (χ1) is 14.5. The van der Waals surface area contributed by atoms with Crippen LogP contribution in [0.5, 0.6) is 0 Å². The van der Waals surface area contributed by atoms with Gasteiger partial charge < -0.3 is 16.2 Å². The molecule has 0 aliphatic rings. The molecule has 0 aliphatic heterocycles. The van der Waals surface area contributed by atoms with Gasteiger partial charge in [-0.05, 0) is 29.7 Å². The summed E-state index contributed by atoms with van der Waals surface area (Å²) < 4.78 is 0. The van der Waals surface area contributed by atoms with E-state index in [0.717, 1.165) is 11.1 Å². The van der Waals surface area contributed by atoms with E-state index in [-0.39, 0.29) is 18.9 Å². The SMILES string of the molecule is Nc1nc(CC(=O)Nc2ccc(CCN(C[C@@H](O)c3ccccc3)N=O)cc2)cs1. The average Bonchev–Trinajstić information content (AvgIpc) is 3.16. The van der Waals surface area contributed by atoms with E-state index in [1.807, 2.05) is 42.5 Å². The van der Waals surface area contributed by atoms with E-state index < -0.39 is 6.10 Å². The summed E-state index contributed by atoms with van der Waals surface area (Å²) in [5, 5.41) is 19.6. The molecule has 1 heterocycles. The number of amides is 1. The molecule has 2 aromatic carbocycles. The van der Waals surface area contributed by atoms with Crippen LogP contribution in [0.15, 0.2) is 65.3 Å². The fraction of sp³-hybridized carbons (Fsp3) is 0.238. The number of benzene rings is 2. The molecule has 9 heteroatoms. The molecule has 0 saturated heterocycles. The number of aliphatic hydroxyl groups excluding tert-OH is 1. The van der Waals surface area contributed by atoms with Crippen molar-refractivity contribution in [3.05, 3.63) is 81.7 Å². The van der Waals surface area contributed by atoms with Crippen LogP contribution in [0.25, 0.3) is 0 Å². The van der Waals surface area contributed by atoms with Gasteiger partial charge in [0.1, 0.15) is 0 Å². The molecule has 0 fully saturated rings. The van der Waals surface area contributed by atoms with Crippen LogP contribution in [0.2, 0.25) is 0 Å². The number of nitroso groups, excluding NO2 is 1. The van der Waals surface area contributed by atoms with Gasteiger partial charge in [-0.15, -0.1) is 16.2 Å². The molecular weight excluding hydrogens is 402 g/mol. The number of nitrogens with two attached hydrogens (primary N) is 1. The van der Waals surface area contributed by atoms with Gasteiger partial charge in [-0.25, -0.2) is 4.98 Å². The Bertz CT molecular complexity index is 962. The topological polar surface area (TPSA) is 121 Å². The second-order valence-electron chi connectivity index (χ2n) is 6.77. The molecular formula is C21H23N5O3S. The van der Waals surface area contributed by atoms with Crippen molar-refractivity contribution in [2.24, 2.45) is 5.29 Å². The van der Waals surface area contributed by atoms with Gasteiger partial charge in [0, 0.05) is 17.6 Å². The molecule has 8 nitrogen and oxygen atoms in total. The highest BCUT2D eigenvalue weighted by Gasteiger charge is 2.13. The van der Waals surface area contributed by atoms with Crippen LogP contribution < -0.4 is 11.1 Å². The molecule has 1 amide bonds. The number of rotatable bonds is 10. The summed E-state index contributed by atoms with van der Waals surface area (Å²) in [4.78, 5) is 27.3. The van der Waals surface area contributed by atoms with Gasteiger partial charge in [0.2, 0.25) is 5.91 Å². The molecule has 1 aromatic heterocycles. The lowest BCUT2D eigenvalue weighted by Gasteiger charge is -2.19. The lowest BCUT2D eigenvalue weighted by molar-refractivity contribution is -0.115. The maximum atomic E-state index is 12.1. The van der Waals surface area contributed by atoms with E-state index >= 15 is 0 Å². The number of thiazole rings is 1. The van der Waals surface area contributed by atoms with Gasteiger partial charge in [0.05, 0.1) is 30.0 Å². The number of aliphatic hydroxyl groups is 1. The van der Waals surface area contributed by atoms with Crippen LogP contribution in [-0.2, 0) is 17.6 Å². The van der Waals surface area contributed by atoms with Crippen molar-refractivity contribution in [1.82, 2.24) is 9.99 Å². The molecule has 3 aromatic rings. The third-order valence-electron chi connectivity index (χ3n) is 4.49. The normalized spacial score (nSPS) is 11.6. The molecule has 4 N–H and O–H groups in total. The molecule has 156 valence electrons. The van der Waals surface area contributed by atoms with Crippen molar-refractivity contribution in [3.63, 3.8) is 0 Å². The second kappa shape index (κ2) is 10.5. The highest BCUT2D eigenvalue weighted by Crippen LogP contribution is 2.16. The van der Waals surface area contributed by atoms with Crippen LogP contribution in [0.3, 0.4) is 0 Å². The van der Waals surface area contributed by atoms with Crippen LogP contribution in [0.1, 0.15) is 22.9 Å². The van der Waals surface area contributed by atoms with Crippen molar-refractivity contribution in [3.8, 4) is 0 Å². The minimum absolute atomic E-state index is 0.128. The van der Waals surface area contributed by atoms with E-state index in [1.165, 1.54) is 16.3 Å². The number of nitrogen functional groups attached to an aromatic ring is 1. The van der Waals surface area contributed by atoms with E-state index in [2.05, 4.69) is 15.6 Å². The van der Waals surface area contributed by atoms with Crippen LogP contribution in [0.4, 0.5) is 10.8 Å². The number of nitrogens with one attached hydrogen (secondary N) is 1. The summed E-state index contributed by atoms with van der Waals surface area (Å²) in [5.74, 6) is -0.167. The smallest absolute Gasteiger partial charge is 0.230 e. The molecule has 1 atom stereocenters. The first-order valence-electron chi connectivity index (χ1n) is 9.43. The lowest BCUT2D eigenvalue weighted by Crippen LogP contribution is -2.25. The van der Waals surface area contributed by atoms with Gasteiger partial charge in [0.15, 0.2) is 5.13 Å². The molecule has 30 heavy (non-hydrogen) atoms. The molecule has 0 aliphatic carbocycles. The summed E-state index contributed by atoms with van der Waals surface area (Å²) in [5.41, 5.74) is 8.62. The Morgan fingerprint density at radius 1 is 1.20 bits per heavy atom. The Hall–Kier alpha value is -3.30. The summed E-state index contributed by atoms with van der Waals surface area (Å²) >= 11 is 1.30. The highest BCUT2D eigenvalue weighted by molar-refractivity contribution is 7.13. The zero-order chi connectivity index (χ0) is 21.3. The van der Waals surface area contributed by atoms with Crippen LogP contribution >= 0.6 is 11.3 Å². The largest absolute Gasteiger partial charge is 0.386 e. The lowest BCUT2D eigenvalue weighted by atomic mass is 10.1. The molecule has 0 spiro atoms. The Morgan fingerprint density at radius 2 is 1.93 bits per heavy atom. The average molecular weight is 426 g/mol.